The maximum atomic E-state index is 10.8. The molecule has 1 aromatic carbocycles. The number of benzene rings is 1. The van der Waals surface area contributed by atoms with Crippen molar-refractivity contribution in [3.8, 4) is 5.75 Å². The average Bonchev–Trinajstić information content (AvgIpc) is 2.24. The molecule has 0 N–H and O–H groups in total. The zero-order chi connectivity index (χ0) is 12.8. The molecule has 0 aromatic heterocycles. The van der Waals surface area contributed by atoms with Gasteiger partial charge < -0.3 is 4.74 Å². The zero-order valence-corrected chi connectivity index (χ0v) is 9.81. The van der Waals surface area contributed by atoms with E-state index in [1.54, 1.807) is 12.1 Å². The Morgan fingerprint density at radius 1 is 1.59 bits per heavy atom. The fraction of sp³-hybridized carbons (Fsp3) is 0.182. The molecule has 0 aliphatic rings. The summed E-state index contributed by atoms with van der Waals surface area (Å²) in [7, 11) is 0. The quantitative estimate of drug-likeness (QED) is 0.599. The number of hydrogen-bond donors (Lipinski definition) is 0. The van der Waals surface area contributed by atoms with Crippen LogP contribution in [0.1, 0.15) is 12.5 Å². The van der Waals surface area contributed by atoms with Crippen LogP contribution < -0.4 is 4.74 Å². The highest BCUT2D eigenvalue weighted by Crippen LogP contribution is 2.24. The molecule has 0 aliphatic heterocycles. The van der Waals surface area contributed by atoms with Crippen LogP contribution in [0.4, 0.5) is 0 Å². The Morgan fingerprint density at radius 2 is 2.29 bits per heavy atom. The van der Waals surface area contributed by atoms with Crippen molar-refractivity contribution in [2.24, 2.45) is 0 Å². The van der Waals surface area contributed by atoms with Crippen LogP contribution in [0.2, 0.25) is 5.02 Å². The van der Waals surface area contributed by atoms with Crippen LogP contribution in [0.25, 0.3) is 6.08 Å². The summed E-state index contributed by atoms with van der Waals surface area (Å²) in [4.78, 5) is 20.4. The molecule has 0 unspecified atom stereocenters. The minimum Gasteiger partial charge on any atom is -0.485 e. The van der Waals surface area contributed by atoms with E-state index >= 15 is 0 Å². The monoisotopic (exact) mass is 255 g/mol. The number of rotatable bonds is 5. The lowest BCUT2D eigenvalue weighted by molar-refractivity contribution is -0.400. The molecular formula is C11H10ClNO4. The third-order valence-corrected chi connectivity index (χ3v) is 2.01. The van der Waals surface area contributed by atoms with Crippen molar-refractivity contribution in [2.75, 3.05) is 6.61 Å². The van der Waals surface area contributed by atoms with Crippen LogP contribution in [-0.4, -0.2) is 17.3 Å². The van der Waals surface area contributed by atoms with Crippen LogP contribution in [0.5, 0.6) is 5.75 Å². The first-order chi connectivity index (χ1) is 7.99. The summed E-state index contributed by atoms with van der Waals surface area (Å²) in [6.45, 7) is 1.31. The highest BCUT2D eigenvalue weighted by Gasteiger charge is 2.04. The van der Waals surface area contributed by atoms with Crippen molar-refractivity contribution in [1.29, 1.82) is 0 Å². The fourth-order valence-electron chi connectivity index (χ4n) is 1.10. The predicted molar refractivity (Wildman–Crippen MR) is 63.7 cm³/mol. The van der Waals surface area contributed by atoms with Gasteiger partial charge >= 0.3 is 0 Å². The van der Waals surface area contributed by atoms with Crippen LogP contribution in [0.15, 0.2) is 24.4 Å². The summed E-state index contributed by atoms with van der Waals surface area (Å²) in [5.41, 5.74) is 0.454. The van der Waals surface area contributed by atoms with Crippen molar-refractivity contribution >= 4 is 23.5 Å². The Morgan fingerprint density at radius 3 is 2.88 bits per heavy atom. The molecule has 0 bridgehead atoms. The van der Waals surface area contributed by atoms with Gasteiger partial charge in [-0.1, -0.05) is 11.6 Å². The average molecular weight is 256 g/mol. The molecule has 1 rings (SSSR count). The normalized spacial score (nSPS) is 10.5. The van der Waals surface area contributed by atoms with Crippen molar-refractivity contribution in [1.82, 2.24) is 0 Å². The fourth-order valence-corrected chi connectivity index (χ4v) is 1.28. The van der Waals surface area contributed by atoms with E-state index in [0.717, 1.165) is 6.20 Å². The van der Waals surface area contributed by atoms with Gasteiger partial charge in [0.15, 0.2) is 5.78 Å². The van der Waals surface area contributed by atoms with Gasteiger partial charge in [-0.3, -0.25) is 14.9 Å². The number of ketones is 1. The lowest BCUT2D eigenvalue weighted by Gasteiger charge is -2.07. The van der Waals surface area contributed by atoms with Crippen molar-refractivity contribution in [3.05, 3.63) is 45.1 Å². The molecule has 0 amide bonds. The van der Waals surface area contributed by atoms with E-state index in [1.165, 1.54) is 19.1 Å². The molecule has 0 radical (unpaired) electrons. The Kier molecular flexibility index (Phi) is 4.66. The van der Waals surface area contributed by atoms with Gasteiger partial charge in [0.25, 0.3) is 0 Å². The maximum Gasteiger partial charge on any atom is 0.235 e. The van der Waals surface area contributed by atoms with Crippen molar-refractivity contribution < 1.29 is 14.5 Å². The van der Waals surface area contributed by atoms with E-state index in [1.807, 2.05) is 0 Å². The summed E-state index contributed by atoms with van der Waals surface area (Å²) < 4.78 is 5.20. The number of nitro groups is 1. The van der Waals surface area contributed by atoms with E-state index in [2.05, 4.69) is 0 Å². The highest BCUT2D eigenvalue weighted by molar-refractivity contribution is 6.30. The Labute approximate surface area is 103 Å². The van der Waals surface area contributed by atoms with Crippen LogP contribution >= 0.6 is 11.6 Å². The van der Waals surface area contributed by atoms with E-state index in [-0.39, 0.29) is 12.4 Å². The van der Waals surface area contributed by atoms with Gasteiger partial charge in [0.05, 0.1) is 4.92 Å². The topological polar surface area (TPSA) is 69.4 Å². The molecule has 0 atom stereocenters. The van der Waals surface area contributed by atoms with E-state index < -0.39 is 4.92 Å². The number of Topliss-reactive ketones (excluding diaryl/α,β-unsaturated/α-hetero) is 1. The van der Waals surface area contributed by atoms with Gasteiger partial charge in [-0.2, -0.15) is 0 Å². The molecule has 6 heteroatoms. The van der Waals surface area contributed by atoms with Gasteiger partial charge in [-0.05, 0) is 25.1 Å². The lowest BCUT2D eigenvalue weighted by Crippen LogP contribution is -2.07. The number of hydrogen-bond acceptors (Lipinski definition) is 4. The minimum absolute atomic E-state index is 0.0824. The second-order valence-corrected chi connectivity index (χ2v) is 3.71. The maximum absolute atomic E-state index is 10.8. The van der Waals surface area contributed by atoms with Crippen molar-refractivity contribution in [3.63, 3.8) is 0 Å². The number of nitrogens with zero attached hydrogens (tertiary/aromatic N) is 1. The van der Waals surface area contributed by atoms with Crippen LogP contribution in [0, 0.1) is 10.1 Å². The molecule has 90 valence electrons. The van der Waals surface area contributed by atoms with Gasteiger partial charge in [0.1, 0.15) is 12.4 Å². The predicted octanol–water partition coefficient (Wildman–Crippen LogP) is 2.56. The number of ether oxygens (including phenoxy) is 1. The smallest absolute Gasteiger partial charge is 0.235 e. The first-order valence-electron chi connectivity index (χ1n) is 4.72. The van der Waals surface area contributed by atoms with Crippen LogP contribution in [0.3, 0.4) is 0 Å². The summed E-state index contributed by atoms with van der Waals surface area (Å²) in [5, 5.41) is 10.7. The molecule has 0 saturated heterocycles. The Balaban J connectivity index is 2.95. The molecule has 17 heavy (non-hydrogen) atoms. The van der Waals surface area contributed by atoms with E-state index in [0.29, 0.717) is 16.3 Å². The highest BCUT2D eigenvalue weighted by atomic mass is 35.5. The number of carbonyl (C=O) groups is 1. The van der Waals surface area contributed by atoms with Gasteiger partial charge in [0, 0.05) is 16.7 Å². The molecule has 0 heterocycles. The SMILES string of the molecule is CC(=O)COc1ccc(Cl)cc1/C=C/[N+](=O)[O-]. The third-order valence-electron chi connectivity index (χ3n) is 1.78. The Bertz CT molecular complexity index is 471. The standard InChI is InChI=1S/C11H10ClNO4/c1-8(14)7-17-11-3-2-10(12)6-9(11)4-5-13(15)16/h2-6H,7H2,1H3/b5-4+. The first kappa shape index (κ1) is 13.2. The molecule has 0 aliphatic carbocycles. The molecule has 5 nitrogen and oxygen atoms in total. The Hall–Kier alpha value is -1.88. The number of carbonyl (C=O) groups excluding carboxylic acids is 1. The second kappa shape index (κ2) is 6.00. The van der Waals surface area contributed by atoms with Crippen LogP contribution in [-0.2, 0) is 4.79 Å². The second-order valence-electron chi connectivity index (χ2n) is 3.27. The van der Waals surface area contributed by atoms with Gasteiger partial charge in [-0.15, -0.1) is 0 Å². The largest absolute Gasteiger partial charge is 0.485 e. The minimum atomic E-state index is -0.588. The van der Waals surface area contributed by atoms with Gasteiger partial charge in [-0.25, -0.2) is 0 Å². The first-order valence-corrected chi connectivity index (χ1v) is 5.10. The number of halogens is 1. The van der Waals surface area contributed by atoms with Gasteiger partial charge in [0.2, 0.25) is 6.20 Å². The van der Waals surface area contributed by atoms with Crippen molar-refractivity contribution in [2.45, 2.75) is 6.92 Å². The molecule has 1 aromatic rings. The molecule has 0 spiro atoms. The lowest BCUT2D eigenvalue weighted by atomic mass is 10.2. The zero-order valence-electron chi connectivity index (χ0n) is 9.05. The summed E-state index contributed by atoms with van der Waals surface area (Å²) in [6, 6.07) is 4.67. The van der Waals surface area contributed by atoms with E-state index in [4.69, 9.17) is 16.3 Å². The third kappa shape index (κ3) is 4.65. The summed E-state index contributed by atoms with van der Waals surface area (Å²) in [6.07, 6.45) is 2.05. The molecule has 0 saturated carbocycles. The molecular weight excluding hydrogens is 246 g/mol. The van der Waals surface area contributed by atoms with E-state index in [9.17, 15) is 14.9 Å². The molecule has 0 fully saturated rings. The summed E-state index contributed by atoms with van der Waals surface area (Å²) in [5.74, 6) is 0.242. The summed E-state index contributed by atoms with van der Waals surface area (Å²) >= 11 is 5.77.